The molecule has 0 amide bonds. The lowest BCUT2D eigenvalue weighted by Crippen LogP contribution is -2.17. The highest BCUT2D eigenvalue weighted by Crippen LogP contribution is 2.22. The zero-order valence-corrected chi connectivity index (χ0v) is 11.5. The van der Waals surface area contributed by atoms with Crippen molar-refractivity contribution in [1.29, 1.82) is 0 Å². The van der Waals surface area contributed by atoms with Crippen LogP contribution in [0.2, 0.25) is 5.02 Å². The summed E-state index contributed by atoms with van der Waals surface area (Å²) in [6.07, 6.45) is 4.45. The SMILES string of the molecule is O=[N+]([O-])c1ccc(CNCCc2cccnc2)c(Cl)c1. The van der Waals surface area contributed by atoms with Crippen molar-refractivity contribution in [2.75, 3.05) is 6.54 Å². The fraction of sp³-hybridized carbons (Fsp3) is 0.214. The number of hydrogen-bond donors (Lipinski definition) is 1. The standard InChI is InChI=1S/C14H14ClN3O2/c15-14-8-13(18(19)20)4-3-12(14)10-17-7-5-11-2-1-6-16-9-11/h1-4,6,8-9,17H,5,7,10H2. The number of pyridine rings is 1. The average Bonchev–Trinajstić information content (AvgIpc) is 2.46. The summed E-state index contributed by atoms with van der Waals surface area (Å²) < 4.78 is 0. The lowest BCUT2D eigenvalue weighted by molar-refractivity contribution is -0.384. The van der Waals surface area contributed by atoms with Gasteiger partial charge in [-0.15, -0.1) is 0 Å². The number of non-ortho nitro benzene ring substituents is 1. The van der Waals surface area contributed by atoms with E-state index in [1.165, 1.54) is 12.1 Å². The van der Waals surface area contributed by atoms with Gasteiger partial charge in [-0.2, -0.15) is 0 Å². The predicted molar refractivity (Wildman–Crippen MR) is 77.8 cm³/mol. The van der Waals surface area contributed by atoms with E-state index in [-0.39, 0.29) is 5.69 Å². The monoisotopic (exact) mass is 291 g/mol. The molecule has 0 saturated carbocycles. The number of benzene rings is 1. The topological polar surface area (TPSA) is 68.1 Å². The lowest BCUT2D eigenvalue weighted by atomic mass is 10.2. The Balaban J connectivity index is 1.84. The number of nitrogens with one attached hydrogen (secondary N) is 1. The third-order valence-electron chi connectivity index (χ3n) is 2.88. The second kappa shape index (κ2) is 6.98. The highest BCUT2D eigenvalue weighted by Gasteiger charge is 2.08. The molecule has 0 fully saturated rings. The molecule has 20 heavy (non-hydrogen) atoms. The van der Waals surface area contributed by atoms with E-state index in [0.717, 1.165) is 24.1 Å². The zero-order chi connectivity index (χ0) is 14.4. The van der Waals surface area contributed by atoms with E-state index in [1.54, 1.807) is 12.3 Å². The molecule has 0 spiro atoms. The zero-order valence-electron chi connectivity index (χ0n) is 10.8. The summed E-state index contributed by atoms with van der Waals surface area (Å²) in [6.45, 7) is 1.37. The number of nitro groups is 1. The largest absolute Gasteiger partial charge is 0.312 e. The van der Waals surface area contributed by atoms with Crippen molar-refractivity contribution >= 4 is 17.3 Å². The smallest absolute Gasteiger partial charge is 0.270 e. The molecular weight excluding hydrogens is 278 g/mol. The molecule has 0 aliphatic carbocycles. The molecule has 1 heterocycles. The minimum Gasteiger partial charge on any atom is -0.312 e. The highest BCUT2D eigenvalue weighted by atomic mass is 35.5. The highest BCUT2D eigenvalue weighted by molar-refractivity contribution is 6.31. The van der Waals surface area contributed by atoms with Crippen LogP contribution in [0.25, 0.3) is 0 Å². The van der Waals surface area contributed by atoms with Crippen LogP contribution < -0.4 is 5.32 Å². The van der Waals surface area contributed by atoms with Crippen LogP contribution in [0.4, 0.5) is 5.69 Å². The van der Waals surface area contributed by atoms with Crippen molar-refractivity contribution in [2.24, 2.45) is 0 Å². The summed E-state index contributed by atoms with van der Waals surface area (Å²) in [4.78, 5) is 14.2. The van der Waals surface area contributed by atoms with Gasteiger partial charge in [-0.3, -0.25) is 15.1 Å². The van der Waals surface area contributed by atoms with E-state index in [2.05, 4.69) is 10.3 Å². The molecule has 0 unspecified atom stereocenters. The number of aromatic nitrogens is 1. The van der Waals surface area contributed by atoms with Crippen LogP contribution in [0.1, 0.15) is 11.1 Å². The molecule has 0 bridgehead atoms. The normalized spacial score (nSPS) is 10.4. The molecule has 6 heteroatoms. The Morgan fingerprint density at radius 2 is 2.20 bits per heavy atom. The Hall–Kier alpha value is -1.98. The van der Waals surface area contributed by atoms with Gasteiger partial charge >= 0.3 is 0 Å². The first-order chi connectivity index (χ1) is 9.66. The number of nitro benzene ring substituents is 1. The van der Waals surface area contributed by atoms with E-state index < -0.39 is 4.92 Å². The molecule has 1 aromatic heterocycles. The summed E-state index contributed by atoms with van der Waals surface area (Å²) in [5, 5.41) is 14.3. The first-order valence-electron chi connectivity index (χ1n) is 6.19. The first-order valence-corrected chi connectivity index (χ1v) is 6.57. The fourth-order valence-corrected chi connectivity index (χ4v) is 2.04. The van der Waals surface area contributed by atoms with Crippen molar-refractivity contribution in [3.05, 3.63) is 69.0 Å². The maximum absolute atomic E-state index is 10.6. The lowest BCUT2D eigenvalue weighted by Gasteiger charge is -2.06. The number of halogens is 1. The summed E-state index contributed by atoms with van der Waals surface area (Å²) in [7, 11) is 0. The summed E-state index contributed by atoms with van der Waals surface area (Å²) in [6, 6.07) is 8.44. The molecular formula is C14H14ClN3O2. The van der Waals surface area contributed by atoms with Crippen molar-refractivity contribution in [3.63, 3.8) is 0 Å². The molecule has 5 nitrogen and oxygen atoms in total. The van der Waals surface area contributed by atoms with E-state index in [1.807, 2.05) is 18.3 Å². The van der Waals surface area contributed by atoms with Crippen LogP contribution in [-0.4, -0.2) is 16.5 Å². The van der Waals surface area contributed by atoms with Crippen LogP contribution in [0, 0.1) is 10.1 Å². The molecule has 0 atom stereocenters. The number of rotatable bonds is 6. The fourth-order valence-electron chi connectivity index (χ4n) is 1.79. The average molecular weight is 292 g/mol. The van der Waals surface area contributed by atoms with Crippen molar-refractivity contribution in [2.45, 2.75) is 13.0 Å². The van der Waals surface area contributed by atoms with Gasteiger partial charge in [0.25, 0.3) is 5.69 Å². The van der Waals surface area contributed by atoms with Crippen LogP contribution >= 0.6 is 11.6 Å². The van der Waals surface area contributed by atoms with Crippen molar-refractivity contribution < 1.29 is 4.92 Å². The molecule has 0 aliphatic rings. The maximum atomic E-state index is 10.6. The quantitative estimate of drug-likeness (QED) is 0.505. The molecule has 0 saturated heterocycles. The first kappa shape index (κ1) is 14.4. The van der Waals surface area contributed by atoms with Gasteiger partial charge in [0.05, 0.1) is 9.95 Å². The molecule has 0 aliphatic heterocycles. The van der Waals surface area contributed by atoms with Crippen LogP contribution in [-0.2, 0) is 13.0 Å². The molecule has 1 aromatic carbocycles. The van der Waals surface area contributed by atoms with Gasteiger partial charge in [0.2, 0.25) is 0 Å². The Bertz CT molecular complexity index is 590. The van der Waals surface area contributed by atoms with Crippen LogP contribution in [0.5, 0.6) is 0 Å². The van der Waals surface area contributed by atoms with Gasteiger partial charge in [0.15, 0.2) is 0 Å². The van der Waals surface area contributed by atoms with E-state index in [0.29, 0.717) is 11.6 Å². The van der Waals surface area contributed by atoms with Crippen LogP contribution in [0.15, 0.2) is 42.7 Å². The van der Waals surface area contributed by atoms with Gasteiger partial charge in [-0.05, 0) is 36.2 Å². The summed E-state index contributed by atoms with van der Waals surface area (Å²) >= 11 is 6.01. The molecule has 104 valence electrons. The van der Waals surface area contributed by atoms with Gasteiger partial charge in [0, 0.05) is 31.1 Å². The van der Waals surface area contributed by atoms with Gasteiger partial charge in [0.1, 0.15) is 0 Å². The van der Waals surface area contributed by atoms with Gasteiger partial charge in [-0.1, -0.05) is 17.7 Å². The minimum absolute atomic E-state index is 0.00844. The summed E-state index contributed by atoms with van der Waals surface area (Å²) in [5.74, 6) is 0. The Labute approximate surface area is 121 Å². The molecule has 0 radical (unpaired) electrons. The molecule has 1 N–H and O–H groups in total. The summed E-state index contributed by atoms with van der Waals surface area (Å²) in [5.41, 5.74) is 2.02. The van der Waals surface area contributed by atoms with Gasteiger partial charge < -0.3 is 5.32 Å². The molecule has 2 rings (SSSR count). The van der Waals surface area contributed by atoms with E-state index in [9.17, 15) is 10.1 Å². The predicted octanol–water partition coefficient (Wildman–Crippen LogP) is 2.98. The van der Waals surface area contributed by atoms with Gasteiger partial charge in [-0.25, -0.2) is 0 Å². The minimum atomic E-state index is -0.453. The second-order valence-electron chi connectivity index (χ2n) is 4.32. The van der Waals surface area contributed by atoms with E-state index >= 15 is 0 Å². The molecule has 2 aromatic rings. The third kappa shape index (κ3) is 4.01. The number of nitrogens with zero attached hydrogens (tertiary/aromatic N) is 2. The Kier molecular flexibility index (Phi) is 5.03. The van der Waals surface area contributed by atoms with Crippen LogP contribution in [0.3, 0.4) is 0 Å². The maximum Gasteiger partial charge on any atom is 0.270 e. The Morgan fingerprint density at radius 1 is 1.35 bits per heavy atom. The van der Waals surface area contributed by atoms with E-state index in [4.69, 9.17) is 11.6 Å². The Morgan fingerprint density at radius 3 is 2.85 bits per heavy atom. The van der Waals surface area contributed by atoms with Crippen molar-refractivity contribution in [3.8, 4) is 0 Å². The number of hydrogen-bond acceptors (Lipinski definition) is 4. The second-order valence-corrected chi connectivity index (χ2v) is 4.73. The third-order valence-corrected chi connectivity index (χ3v) is 3.23. The van der Waals surface area contributed by atoms with Crippen molar-refractivity contribution in [1.82, 2.24) is 10.3 Å².